The number of nitrogens with one attached hydrogen (secondary N) is 3. The lowest BCUT2D eigenvalue weighted by molar-refractivity contribution is -0.137. The number of nitrogens with two attached hydrogens (primary N) is 1. The predicted octanol–water partition coefficient (Wildman–Crippen LogP) is 2.51. The molecule has 1 atom stereocenters. The molecule has 12 nitrogen and oxygen atoms in total. The number of benzene rings is 1. The number of carboxylic acid groups (broad SMARTS) is 1. The van der Waals surface area contributed by atoms with Crippen LogP contribution in [-0.4, -0.2) is 48.7 Å². The minimum atomic E-state index is -1.04. The average molecular weight is 500 g/mol. The number of H-pyrrole nitrogens is 1. The lowest BCUT2D eigenvalue weighted by atomic mass is 10.1. The highest BCUT2D eigenvalue weighted by molar-refractivity contribution is 5.97. The van der Waals surface area contributed by atoms with E-state index < -0.39 is 23.5 Å². The number of carboxylic acids is 1. The van der Waals surface area contributed by atoms with Crippen LogP contribution >= 0.6 is 0 Å². The van der Waals surface area contributed by atoms with E-state index in [9.17, 15) is 19.2 Å². The fourth-order valence-corrected chi connectivity index (χ4v) is 2.87. The molecule has 0 bridgehead atoms. The van der Waals surface area contributed by atoms with Crippen LogP contribution in [0.1, 0.15) is 63.5 Å². The fraction of sp³-hybridized carbons (Fsp3) is 0.375. The Morgan fingerprint density at radius 2 is 1.72 bits per heavy atom. The summed E-state index contributed by atoms with van der Waals surface area (Å²) in [5.74, 6) is -1.87. The molecule has 0 aliphatic rings. The summed E-state index contributed by atoms with van der Waals surface area (Å²) in [6.45, 7) is 9.56. The molecule has 12 heteroatoms. The Balaban J connectivity index is 0.00000154. The van der Waals surface area contributed by atoms with Gasteiger partial charge in [-0.2, -0.15) is 4.98 Å². The van der Waals surface area contributed by atoms with Crippen LogP contribution in [0.5, 0.6) is 0 Å². The number of aliphatic carboxylic acids is 1. The van der Waals surface area contributed by atoms with E-state index in [2.05, 4.69) is 30.6 Å². The minimum Gasteiger partial charge on any atom is -0.481 e. The van der Waals surface area contributed by atoms with Crippen molar-refractivity contribution in [2.45, 2.75) is 60.0 Å². The van der Waals surface area contributed by atoms with Gasteiger partial charge in [0.05, 0.1) is 24.5 Å². The van der Waals surface area contributed by atoms with Gasteiger partial charge in [-0.3, -0.25) is 24.2 Å². The highest BCUT2D eigenvalue weighted by atomic mass is 16.4. The molecule has 0 saturated heterocycles. The summed E-state index contributed by atoms with van der Waals surface area (Å²) < 4.78 is 0. The summed E-state index contributed by atoms with van der Waals surface area (Å²) in [4.78, 5) is 61.3. The van der Waals surface area contributed by atoms with E-state index in [4.69, 9.17) is 10.8 Å². The molecule has 6 N–H and O–H groups in total. The third-order valence-electron chi connectivity index (χ3n) is 4.55. The molecule has 0 fully saturated rings. The zero-order valence-electron chi connectivity index (χ0n) is 21.1. The molecule has 1 amide bonds. The van der Waals surface area contributed by atoms with Crippen LogP contribution in [0, 0.1) is 0 Å². The van der Waals surface area contributed by atoms with E-state index in [1.807, 2.05) is 27.7 Å². The van der Waals surface area contributed by atoms with Gasteiger partial charge in [-0.15, -0.1) is 0 Å². The van der Waals surface area contributed by atoms with Crippen molar-refractivity contribution >= 4 is 40.5 Å². The molecule has 0 spiro atoms. The van der Waals surface area contributed by atoms with Crippen molar-refractivity contribution in [1.82, 2.24) is 25.3 Å². The molecule has 0 saturated carbocycles. The standard InChI is InChI=1S/C20H21N7O5.2C2H6/c1-10(28)14(6-7-15(29)30)25-18(31)11-2-4-12(5-3-11)22-8-13-9-23-17-16(24-13)19(32)27-20(21)26-17;2*1-2/h2-5,9,14,22H,6-8H2,1H3,(H,25,31)(H,29,30)(H3,21,23,26,27,32);2*1-2H3. The van der Waals surface area contributed by atoms with E-state index in [1.54, 1.807) is 24.3 Å². The largest absolute Gasteiger partial charge is 0.481 e. The monoisotopic (exact) mass is 499 g/mol. The number of anilines is 2. The third-order valence-corrected chi connectivity index (χ3v) is 4.55. The summed E-state index contributed by atoms with van der Waals surface area (Å²) in [7, 11) is 0. The first-order chi connectivity index (χ1) is 17.2. The van der Waals surface area contributed by atoms with Gasteiger partial charge in [-0.05, 0) is 37.6 Å². The predicted molar refractivity (Wildman–Crippen MR) is 138 cm³/mol. The molecule has 1 aromatic carbocycles. The Bertz CT molecular complexity index is 1230. The zero-order chi connectivity index (χ0) is 27.3. The molecule has 0 radical (unpaired) electrons. The summed E-state index contributed by atoms with van der Waals surface area (Å²) in [5, 5.41) is 14.4. The van der Waals surface area contributed by atoms with Gasteiger partial charge in [-0.1, -0.05) is 27.7 Å². The summed E-state index contributed by atoms with van der Waals surface area (Å²) >= 11 is 0. The molecule has 3 rings (SSSR count). The maximum absolute atomic E-state index is 12.4. The number of nitrogen functional groups attached to an aromatic ring is 1. The number of aromatic nitrogens is 4. The maximum atomic E-state index is 12.4. The normalized spacial score (nSPS) is 10.7. The van der Waals surface area contributed by atoms with E-state index in [1.165, 1.54) is 13.1 Å². The van der Waals surface area contributed by atoms with Crippen molar-refractivity contribution in [3.8, 4) is 0 Å². The molecule has 2 aromatic heterocycles. The molecular weight excluding hydrogens is 466 g/mol. The molecule has 1 unspecified atom stereocenters. The van der Waals surface area contributed by atoms with Gasteiger partial charge in [0.1, 0.15) is 0 Å². The minimum absolute atomic E-state index is 0.0216. The number of Topliss-reactive ketones (excluding diaryl/α,β-unsaturated/α-hetero) is 1. The van der Waals surface area contributed by atoms with Crippen LogP contribution in [0.3, 0.4) is 0 Å². The van der Waals surface area contributed by atoms with E-state index in [-0.39, 0.29) is 42.3 Å². The first kappa shape index (κ1) is 29.7. The van der Waals surface area contributed by atoms with Crippen LogP contribution in [0.25, 0.3) is 11.2 Å². The maximum Gasteiger partial charge on any atom is 0.303 e. The lowest BCUT2D eigenvalue weighted by Gasteiger charge is -2.15. The molecular formula is C24H33N7O5. The number of aromatic amines is 1. The third kappa shape index (κ3) is 8.78. The van der Waals surface area contributed by atoms with Gasteiger partial charge in [0, 0.05) is 17.7 Å². The molecule has 194 valence electrons. The van der Waals surface area contributed by atoms with Crippen molar-refractivity contribution in [1.29, 1.82) is 0 Å². The lowest BCUT2D eigenvalue weighted by Crippen LogP contribution is -2.40. The fourth-order valence-electron chi connectivity index (χ4n) is 2.87. The first-order valence-corrected chi connectivity index (χ1v) is 11.6. The van der Waals surface area contributed by atoms with Crippen LogP contribution < -0.4 is 21.9 Å². The number of ketones is 1. The van der Waals surface area contributed by atoms with Gasteiger partial charge in [0.2, 0.25) is 5.95 Å². The molecule has 0 aliphatic carbocycles. The Morgan fingerprint density at radius 3 is 2.31 bits per heavy atom. The topological polar surface area (TPSA) is 193 Å². The zero-order valence-corrected chi connectivity index (χ0v) is 21.1. The Labute approximate surface area is 208 Å². The van der Waals surface area contributed by atoms with Gasteiger partial charge < -0.3 is 21.5 Å². The number of carbonyl (C=O) groups excluding carboxylic acids is 2. The van der Waals surface area contributed by atoms with E-state index >= 15 is 0 Å². The van der Waals surface area contributed by atoms with Crippen molar-refractivity contribution < 1.29 is 19.5 Å². The van der Waals surface area contributed by atoms with E-state index in [0.29, 0.717) is 16.9 Å². The Morgan fingerprint density at radius 1 is 1.08 bits per heavy atom. The first-order valence-electron chi connectivity index (χ1n) is 11.6. The smallest absolute Gasteiger partial charge is 0.303 e. The Kier molecular flexibility index (Phi) is 12.2. The van der Waals surface area contributed by atoms with Crippen molar-refractivity contribution in [2.24, 2.45) is 0 Å². The number of hydrogen-bond acceptors (Lipinski definition) is 9. The van der Waals surface area contributed by atoms with Gasteiger partial charge in [0.25, 0.3) is 11.5 Å². The molecule has 2 heterocycles. The number of carbonyl (C=O) groups is 3. The van der Waals surface area contributed by atoms with Gasteiger partial charge >= 0.3 is 5.97 Å². The second-order valence-corrected chi connectivity index (χ2v) is 6.98. The highest BCUT2D eigenvalue weighted by Gasteiger charge is 2.19. The number of nitrogens with zero attached hydrogens (tertiary/aromatic N) is 3. The highest BCUT2D eigenvalue weighted by Crippen LogP contribution is 2.12. The van der Waals surface area contributed by atoms with Crippen LogP contribution in [-0.2, 0) is 16.1 Å². The number of hydrogen-bond donors (Lipinski definition) is 5. The average Bonchev–Trinajstić information content (AvgIpc) is 2.87. The van der Waals surface area contributed by atoms with Crippen LogP contribution in [0.4, 0.5) is 11.6 Å². The molecule has 36 heavy (non-hydrogen) atoms. The van der Waals surface area contributed by atoms with Crippen LogP contribution in [0.15, 0.2) is 35.3 Å². The molecule has 0 aliphatic heterocycles. The second kappa shape index (κ2) is 14.8. The summed E-state index contributed by atoms with van der Waals surface area (Å²) in [6.07, 6.45) is 1.27. The number of rotatable bonds is 9. The number of amides is 1. The quantitative estimate of drug-likeness (QED) is 0.292. The number of fused-ring (bicyclic) bond motifs is 1. The Hall–Kier alpha value is -4.35. The van der Waals surface area contributed by atoms with Gasteiger partial charge in [-0.25, -0.2) is 9.97 Å². The van der Waals surface area contributed by atoms with Crippen LogP contribution in [0.2, 0.25) is 0 Å². The van der Waals surface area contributed by atoms with Crippen molar-refractivity contribution in [3.63, 3.8) is 0 Å². The summed E-state index contributed by atoms with van der Waals surface area (Å²) in [5.41, 5.74) is 6.73. The van der Waals surface area contributed by atoms with Crippen molar-refractivity contribution in [3.05, 3.63) is 52.1 Å². The molecule has 3 aromatic rings. The van der Waals surface area contributed by atoms with Gasteiger partial charge in [0.15, 0.2) is 16.9 Å². The van der Waals surface area contributed by atoms with Crippen molar-refractivity contribution in [2.75, 3.05) is 11.1 Å². The second-order valence-electron chi connectivity index (χ2n) is 6.98. The SMILES string of the molecule is CC.CC.CC(=O)C(CCC(=O)O)NC(=O)c1ccc(NCc2cnc3nc(N)[nH]c(=O)c3n2)cc1. The van der Waals surface area contributed by atoms with E-state index in [0.717, 1.165) is 0 Å². The summed E-state index contributed by atoms with van der Waals surface area (Å²) in [6, 6.07) is 5.60.